The molecule has 8 heteroatoms. The van der Waals surface area contributed by atoms with E-state index in [1.54, 1.807) is 24.0 Å². The van der Waals surface area contributed by atoms with Crippen LogP contribution >= 0.6 is 0 Å². The molecule has 0 N–H and O–H groups in total. The van der Waals surface area contributed by atoms with Crippen LogP contribution in [0, 0.1) is 18.6 Å². The van der Waals surface area contributed by atoms with Crippen LogP contribution in [-0.2, 0) is 4.79 Å². The summed E-state index contributed by atoms with van der Waals surface area (Å²) in [6.07, 6.45) is 0.204. The van der Waals surface area contributed by atoms with Crippen molar-refractivity contribution in [3.8, 4) is 17.1 Å². The van der Waals surface area contributed by atoms with Crippen LogP contribution in [0.1, 0.15) is 23.8 Å². The zero-order valence-corrected chi connectivity index (χ0v) is 15.3. The number of nitrogens with zero attached hydrogens (tertiary/aromatic N) is 3. The minimum atomic E-state index is -0.527. The lowest BCUT2D eigenvalue weighted by Crippen LogP contribution is -2.25. The van der Waals surface area contributed by atoms with Crippen LogP contribution < -0.4 is 9.64 Å². The molecule has 0 saturated carbocycles. The fraction of sp³-hybridized carbons (Fsp3) is 0.250. The summed E-state index contributed by atoms with van der Waals surface area (Å²) >= 11 is 0. The molecule has 3 aromatic rings. The molecule has 2 heterocycles. The van der Waals surface area contributed by atoms with Crippen LogP contribution in [0.3, 0.4) is 0 Å². The summed E-state index contributed by atoms with van der Waals surface area (Å²) in [4.78, 5) is 18.4. The van der Waals surface area contributed by atoms with Crippen LogP contribution in [-0.4, -0.2) is 29.7 Å². The minimum absolute atomic E-state index is 0.102. The standard InChI is InChI=1S/C20H17F2N3O3/c1-11-7-14(21)4-5-16(11)25-10-13(9-18(25)26)20-23-19(24-28-20)12-3-6-17(27-2)15(22)8-12/h3-8,13H,9-10H2,1-2H3. The predicted molar refractivity (Wildman–Crippen MR) is 97.1 cm³/mol. The van der Waals surface area contributed by atoms with Crippen LogP contribution in [0.4, 0.5) is 14.5 Å². The van der Waals surface area contributed by atoms with E-state index in [2.05, 4.69) is 10.1 Å². The molecule has 2 aromatic carbocycles. The number of aromatic nitrogens is 2. The van der Waals surface area contributed by atoms with Gasteiger partial charge in [-0.3, -0.25) is 4.79 Å². The maximum absolute atomic E-state index is 13.9. The average molecular weight is 385 g/mol. The Morgan fingerprint density at radius 2 is 2.04 bits per heavy atom. The van der Waals surface area contributed by atoms with Crippen molar-refractivity contribution in [3.63, 3.8) is 0 Å². The van der Waals surface area contributed by atoms with Crippen LogP contribution in [0.15, 0.2) is 40.9 Å². The number of ether oxygens (including phenoxy) is 1. The van der Waals surface area contributed by atoms with Gasteiger partial charge in [0.25, 0.3) is 0 Å². The van der Waals surface area contributed by atoms with Crippen molar-refractivity contribution in [1.82, 2.24) is 10.1 Å². The second-order valence-corrected chi connectivity index (χ2v) is 6.64. The number of carbonyl (C=O) groups excluding carboxylic acids is 1. The van der Waals surface area contributed by atoms with Crippen LogP contribution in [0.25, 0.3) is 11.4 Å². The number of benzene rings is 2. The number of rotatable bonds is 4. The largest absolute Gasteiger partial charge is 0.494 e. The summed E-state index contributed by atoms with van der Waals surface area (Å²) in [5.41, 5.74) is 1.78. The first-order valence-electron chi connectivity index (χ1n) is 8.70. The number of carbonyl (C=O) groups is 1. The van der Waals surface area contributed by atoms with Crippen molar-refractivity contribution >= 4 is 11.6 Å². The molecule has 0 aliphatic carbocycles. The SMILES string of the molecule is COc1ccc(-c2noc(C3CC(=O)N(c4ccc(F)cc4C)C3)n2)cc1F. The quantitative estimate of drug-likeness (QED) is 0.682. The Morgan fingerprint density at radius 3 is 2.75 bits per heavy atom. The van der Waals surface area contributed by atoms with Gasteiger partial charge in [0, 0.05) is 24.2 Å². The maximum atomic E-state index is 13.9. The highest BCUT2D eigenvalue weighted by atomic mass is 19.1. The molecule has 144 valence electrons. The van der Waals surface area contributed by atoms with Gasteiger partial charge in [0.15, 0.2) is 11.6 Å². The van der Waals surface area contributed by atoms with E-state index < -0.39 is 5.82 Å². The van der Waals surface area contributed by atoms with E-state index >= 15 is 0 Å². The number of hydrogen-bond donors (Lipinski definition) is 0. The fourth-order valence-corrected chi connectivity index (χ4v) is 3.35. The molecule has 6 nitrogen and oxygen atoms in total. The van der Waals surface area contributed by atoms with Gasteiger partial charge in [-0.05, 0) is 48.9 Å². The number of anilines is 1. The smallest absolute Gasteiger partial charge is 0.232 e. The molecular weight excluding hydrogens is 368 g/mol. The van der Waals surface area contributed by atoms with E-state index in [0.717, 1.165) is 0 Å². The molecule has 1 atom stereocenters. The Morgan fingerprint density at radius 1 is 1.21 bits per heavy atom. The normalized spacial score (nSPS) is 16.6. The van der Waals surface area contributed by atoms with Gasteiger partial charge in [-0.15, -0.1) is 0 Å². The number of amides is 1. The molecule has 0 bridgehead atoms. The summed E-state index contributed by atoms with van der Waals surface area (Å²) in [6, 6.07) is 8.68. The summed E-state index contributed by atoms with van der Waals surface area (Å²) in [7, 11) is 1.39. The highest BCUT2D eigenvalue weighted by Crippen LogP contribution is 2.34. The summed E-state index contributed by atoms with van der Waals surface area (Å²) < 4.78 is 37.5. The third-order valence-electron chi connectivity index (χ3n) is 4.78. The highest BCUT2D eigenvalue weighted by molar-refractivity contribution is 5.97. The topological polar surface area (TPSA) is 68.5 Å². The molecule has 1 aliphatic heterocycles. The van der Waals surface area contributed by atoms with Gasteiger partial charge in [0.1, 0.15) is 5.82 Å². The average Bonchev–Trinajstić information content (AvgIpc) is 3.29. The van der Waals surface area contributed by atoms with Crippen molar-refractivity contribution in [1.29, 1.82) is 0 Å². The third kappa shape index (κ3) is 3.21. The molecule has 1 fully saturated rings. The van der Waals surface area contributed by atoms with E-state index in [0.29, 0.717) is 29.2 Å². The second kappa shape index (κ2) is 7.03. The van der Waals surface area contributed by atoms with Crippen molar-refractivity contribution < 1.29 is 22.8 Å². The number of methoxy groups -OCH3 is 1. The highest BCUT2D eigenvalue weighted by Gasteiger charge is 2.35. The summed E-state index contributed by atoms with van der Waals surface area (Å²) in [6.45, 7) is 2.10. The Balaban J connectivity index is 1.56. The van der Waals surface area contributed by atoms with E-state index in [1.807, 2.05) is 0 Å². The van der Waals surface area contributed by atoms with E-state index in [9.17, 15) is 13.6 Å². The van der Waals surface area contributed by atoms with Gasteiger partial charge in [0.2, 0.25) is 17.6 Å². The zero-order valence-electron chi connectivity index (χ0n) is 15.3. The first-order valence-corrected chi connectivity index (χ1v) is 8.70. The Labute approximate surface area is 159 Å². The predicted octanol–water partition coefficient (Wildman–Crippen LogP) is 3.85. The Kier molecular flexibility index (Phi) is 4.54. The van der Waals surface area contributed by atoms with E-state index in [1.165, 1.54) is 31.4 Å². The number of halogens is 2. The Hall–Kier alpha value is -3.29. The molecule has 1 aliphatic rings. The lowest BCUT2D eigenvalue weighted by molar-refractivity contribution is -0.117. The fourth-order valence-electron chi connectivity index (χ4n) is 3.35. The molecule has 0 radical (unpaired) electrons. The van der Waals surface area contributed by atoms with E-state index in [4.69, 9.17) is 9.26 Å². The molecular formula is C20H17F2N3O3. The van der Waals surface area contributed by atoms with Crippen LogP contribution in [0.5, 0.6) is 5.75 Å². The zero-order chi connectivity index (χ0) is 19.8. The van der Waals surface area contributed by atoms with Gasteiger partial charge in [-0.2, -0.15) is 4.98 Å². The third-order valence-corrected chi connectivity index (χ3v) is 4.78. The van der Waals surface area contributed by atoms with Crippen molar-refractivity contribution in [2.24, 2.45) is 0 Å². The summed E-state index contributed by atoms with van der Waals surface area (Å²) in [5.74, 6) is -0.601. The molecule has 1 amide bonds. The van der Waals surface area contributed by atoms with Gasteiger partial charge >= 0.3 is 0 Å². The molecule has 4 rings (SSSR count). The molecule has 1 saturated heterocycles. The molecule has 1 unspecified atom stereocenters. The number of hydrogen-bond acceptors (Lipinski definition) is 5. The first kappa shape index (κ1) is 18.1. The first-order chi connectivity index (χ1) is 13.5. The monoisotopic (exact) mass is 385 g/mol. The van der Waals surface area contributed by atoms with Crippen molar-refractivity contribution in [2.45, 2.75) is 19.3 Å². The van der Waals surface area contributed by atoms with Crippen LogP contribution in [0.2, 0.25) is 0 Å². The van der Waals surface area contributed by atoms with Gasteiger partial charge in [0.05, 0.1) is 13.0 Å². The Bertz CT molecular complexity index is 1050. The molecule has 28 heavy (non-hydrogen) atoms. The molecule has 1 aromatic heterocycles. The number of aryl methyl sites for hydroxylation is 1. The lowest BCUT2D eigenvalue weighted by atomic mass is 10.1. The van der Waals surface area contributed by atoms with Crippen molar-refractivity contribution in [2.75, 3.05) is 18.6 Å². The van der Waals surface area contributed by atoms with Crippen molar-refractivity contribution in [3.05, 3.63) is 59.5 Å². The summed E-state index contributed by atoms with van der Waals surface area (Å²) in [5, 5.41) is 3.91. The van der Waals surface area contributed by atoms with Gasteiger partial charge in [-0.25, -0.2) is 8.78 Å². The molecule has 0 spiro atoms. The van der Waals surface area contributed by atoms with Gasteiger partial charge in [-0.1, -0.05) is 5.16 Å². The maximum Gasteiger partial charge on any atom is 0.232 e. The van der Waals surface area contributed by atoms with Gasteiger partial charge < -0.3 is 14.2 Å². The lowest BCUT2D eigenvalue weighted by Gasteiger charge is -2.18. The van der Waals surface area contributed by atoms with E-state index in [-0.39, 0.29) is 35.6 Å². The second-order valence-electron chi connectivity index (χ2n) is 6.64. The minimum Gasteiger partial charge on any atom is -0.494 e.